The zero-order valence-electron chi connectivity index (χ0n) is 23.3. The van der Waals surface area contributed by atoms with Gasteiger partial charge < -0.3 is 20.7 Å². The van der Waals surface area contributed by atoms with Gasteiger partial charge in [0.1, 0.15) is 46.8 Å². The minimum atomic E-state index is -0.530. The second-order valence-electron chi connectivity index (χ2n) is 10.7. The summed E-state index contributed by atoms with van der Waals surface area (Å²) in [7, 11) is 0. The van der Waals surface area contributed by atoms with Crippen molar-refractivity contribution in [1.82, 2.24) is 30.0 Å². The van der Waals surface area contributed by atoms with Crippen LogP contribution in [0.3, 0.4) is 0 Å². The summed E-state index contributed by atoms with van der Waals surface area (Å²) in [6.45, 7) is 3.63. The Morgan fingerprint density at radius 1 is 1.24 bits per heavy atom. The predicted molar refractivity (Wildman–Crippen MR) is 156 cm³/mol. The first-order valence-electron chi connectivity index (χ1n) is 14.1. The number of carbonyl (C=O) groups is 1. The first kappa shape index (κ1) is 27.4. The molecule has 11 heteroatoms. The number of likely N-dealkylation sites (tertiary alicyclic amines) is 1. The average molecular weight is 567 g/mol. The first-order chi connectivity index (χ1) is 20.4. The van der Waals surface area contributed by atoms with Gasteiger partial charge in [-0.05, 0) is 62.6 Å². The third-order valence-corrected chi connectivity index (χ3v) is 7.81. The minimum Gasteiger partial charge on any atom is -0.457 e. The number of carbonyl (C=O) groups excluding carboxylic acids is 1. The summed E-state index contributed by atoms with van der Waals surface area (Å²) >= 11 is 0. The molecular formula is C31H31FN8O2. The van der Waals surface area contributed by atoms with Crippen molar-refractivity contribution < 1.29 is 13.9 Å². The topological polar surface area (TPSA) is 135 Å². The summed E-state index contributed by atoms with van der Waals surface area (Å²) in [5, 5.41) is 18.4. The predicted octanol–water partition coefficient (Wildman–Crippen LogP) is 4.76. The number of aromatic nitrogens is 4. The number of hydrogen-bond acceptors (Lipinski definition) is 8. The van der Waals surface area contributed by atoms with Crippen LogP contribution >= 0.6 is 0 Å². The SMILES string of the molecule is CCNC1(/C=C(\C#N)C(=O)N2CCC[C@H](n3nc(-c4ccc(Oc5ccccc5)cc4F)c4c(N)ncnc43)C2)CC1. The maximum absolute atomic E-state index is 15.5. The monoisotopic (exact) mass is 566 g/mol. The Balaban J connectivity index is 1.30. The number of fused-ring (bicyclic) bond motifs is 1. The molecule has 1 aliphatic carbocycles. The molecule has 1 amide bonds. The Hall–Kier alpha value is -4.82. The molecule has 3 heterocycles. The van der Waals surface area contributed by atoms with Crippen LogP contribution in [0.1, 0.15) is 38.6 Å². The van der Waals surface area contributed by atoms with E-state index in [1.807, 2.05) is 25.1 Å². The van der Waals surface area contributed by atoms with E-state index in [1.54, 1.807) is 39.9 Å². The lowest BCUT2D eigenvalue weighted by Gasteiger charge is -2.33. The molecule has 2 aromatic carbocycles. The van der Waals surface area contributed by atoms with Crippen molar-refractivity contribution in [2.45, 2.75) is 44.2 Å². The fourth-order valence-electron chi connectivity index (χ4n) is 5.60. The van der Waals surface area contributed by atoms with Crippen molar-refractivity contribution in [3.63, 3.8) is 0 Å². The third-order valence-electron chi connectivity index (χ3n) is 7.81. The Morgan fingerprint density at radius 2 is 2.05 bits per heavy atom. The highest BCUT2D eigenvalue weighted by Crippen LogP contribution is 2.39. The normalized spacial score (nSPS) is 18.1. The van der Waals surface area contributed by atoms with E-state index in [9.17, 15) is 10.1 Å². The van der Waals surface area contributed by atoms with E-state index >= 15 is 4.39 Å². The number of halogens is 1. The van der Waals surface area contributed by atoms with Crippen LogP contribution < -0.4 is 15.8 Å². The van der Waals surface area contributed by atoms with Gasteiger partial charge in [-0.2, -0.15) is 10.4 Å². The number of nitrogens with one attached hydrogen (secondary N) is 1. The molecule has 6 rings (SSSR count). The number of anilines is 1. The molecule has 2 fully saturated rings. The van der Waals surface area contributed by atoms with Crippen molar-refractivity contribution >= 4 is 22.8 Å². The second kappa shape index (κ2) is 11.2. The highest BCUT2D eigenvalue weighted by atomic mass is 19.1. The molecule has 1 saturated carbocycles. The molecule has 0 unspecified atom stereocenters. The lowest BCUT2D eigenvalue weighted by atomic mass is 10.0. The Morgan fingerprint density at radius 3 is 2.76 bits per heavy atom. The van der Waals surface area contributed by atoms with Gasteiger partial charge in [0.2, 0.25) is 0 Å². The van der Waals surface area contributed by atoms with Crippen molar-refractivity contribution in [3.05, 3.63) is 72.3 Å². The van der Waals surface area contributed by atoms with Crippen LogP contribution in [-0.2, 0) is 4.79 Å². The van der Waals surface area contributed by atoms with E-state index < -0.39 is 5.82 Å². The van der Waals surface area contributed by atoms with Gasteiger partial charge >= 0.3 is 0 Å². The highest BCUT2D eigenvalue weighted by molar-refractivity contribution is 5.99. The van der Waals surface area contributed by atoms with Gasteiger partial charge in [-0.1, -0.05) is 25.1 Å². The van der Waals surface area contributed by atoms with E-state index in [2.05, 4.69) is 21.4 Å². The van der Waals surface area contributed by atoms with Gasteiger partial charge in [0.15, 0.2) is 5.65 Å². The summed E-state index contributed by atoms with van der Waals surface area (Å²) in [6, 6.07) is 15.6. The van der Waals surface area contributed by atoms with Crippen LogP contribution in [0.25, 0.3) is 22.3 Å². The molecular weight excluding hydrogens is 535 g/mol. The van der Waals surface area contributed by atoms with Gasteiger partial charge in [0.05, 0.1) is 11.4 Å². The Kier molecular flexibility index (Phi) is 7.31. The van der Waals surface area contributed by atoms with Crippen LogP contribution in [0, 0.1) is 17.1 Å². The van der Waals surface area contributed by atoms with Crippen molar-refractivity contribution in [3.8, 4) is 28.8 Å². The fraction of sp³-hybridized carbons (Fsp3) is 0.323. The van der Waals surface area contributed by atoms with Crippen molar-refractivity contribution in [2.24, 2.45) is 0 Å². The van der Waals surface area contributed by atoms with E-state index in [-0.39, 0.29) is 34.4 Å². The van der Waals surface area contributed by atoms with Crippen molar-refractivity contribution in [1.29, 1.82) is 5.26 Å². The molecule has 1 atom stereocenters. The Labute approximate surface area is 242 Å². The van der Waals surface area contributed by atoms with Crippen LogP contribution in [-0.4, -0.2) is 55.7 Å². The summed E-state index contributed by atoms with van der Waals surface area (Å²) in [4.78, 5) is 23.7. The number of hydrogen-bond donors (Lipinski definition) is 2. The highest BCUT2D eigenvalue weighted by Gasteiger charge is 2.41. The number of nitrogen functional groups attached to an aromatic ring is 1. The van der Waals surface area contributed by atoms with E-state index in [1.165, 1.54) is 12.4 Å². The number of nitrogens with zero attached hydrogens (tertiary/aromatic N) is 6. The molecule has 2 aliphatic rings. The van der Waals surface area contributed by atoms with Gasteiger partial charge in [-0.3, -0.25) is 4.79 Å². The number of likely N-dealkylation sites (N-methyl/N-ethyl adjacent to an activating group) is 1. The molecule has 2 aromatic heterocycles. The molecule has 214 valence electrons. The fourth-order valence-corrected chi connectivity index (χ4v) is 5.60. The number of para-hydroxylation sites is 1. The average Bonchev–Trinajstić information content (AvgIpc) is 3.65. The van der Waals surface area contributed by atoms with Gasteiger partial charge in [-0.25, -0.2) is 19.0 Å². The molecule has 0 spiro atoms. The number of ether oxygens (including phenoxy) is 1. The lowest BCUT2D eigenvalue weighted by molar-refractivity contribution is -0.128. The Bertz CT molecular complexity index is 1710. The number of benzene rings is 2. The number of nitriles is 1. The molecule has 0 radical (unpaired) electrons. The van der Waals surface area contributed by atoms with E-state index in [0.29, 0.717) is 47.7 Å². The number of nitrogens with two attached hydrogens (primary N) is 1. The second-order valence-corrected chi connectivity index (χ2v) is 10.7. The quantitative estimate of drug-likeness (QED) is 0.230. The molecule has 3 N–H and O–H groups in total. The molecule has 1 aliphatic heterocycles. The number of piperidine rings is 1. The van der Waals surface area contributed by atoms with Crippen LogP contribution in [0.2, 0.25) is 0 Å². The minimum absolute atomic E-state index is 0.145. The summed E-state index contributed by atoms with van der Waals surface area (Å²) in [6.07, 6.45) is 6.38. The number of rotatable bonds is 8. The zero-order valence-corrected chi connectivity index (χ0v) is 23.3. The maximum Gasteiger partial charge on any atom is 0.264 e. The lowest BCUT2D eigenvalue weighted by Crippen LogP contribution is -2.42. The number of amides is 1. The molecule has 4 aromatic rings. The van der Waals surface area contributed by atoms with E-state index in [4.69, 9.17) is 15.6 Å². The van der Waals surface area contributed by atoms with Crippen LogP contribution in [0.4, 0.5) is 10.2 Å². The van der Waals surface area contributed by atoms with Gasteiger partial charge in [-0.15, -0.1) is 0 Å². The van der Waals surface area contributed by atoms with Crippen LogP contribution in [0.15, 0.2) is 66.5 Å². The summed E-state index contributed by atoms with van der Waals surface area (Å²) in [5.74, 6) is 0.299. The molecule has 1 saturated heterocycles. The molecule has 42 heavy (non-hydrogen) atoms. The van der Waals surface area contributed by atoms with Gasteiger partial charge in [0.25, 0.3) is 5.91 Å². The van der Waals surface area contributed by atoms with Crippen LogP contribution in [0.5, 0.6) is 11.5 Å². The van der Waals surface area contributed by atoms with Crippen molar-refractivity contribution in [2.75, 3.05) is 25.4 Å². The smallest absolute Gasteiger partial charge is 0.264 e. The maximum atomic E-state index is 15.5. The van der Waals surface area contributed by atoms with Gasteiger partial charge in [0, 0.05) is 30.3 Å². The summed E-state index contributed by atoms with van der Waals surface area (Å²) in [5.41, 5.74) is 7.16. The van der Waals surface area contributed by atoms with E-state index in [0.717, 1.165) is 25.8 Å². The standard InChI is InChI=1S/C31H31FN8O2/c1-2-37-31(12-13-31)16-20(17-33)30(41)39-14-6-7-21(18-39)40-29-26(28(34)35-19-36-29)27(38-40)24-11-10-23(15-25(24)32)42-22-8-4-3-5-9-22/h3-5,8-11,15-16,19,21,37H,2,6-7,12-14,18H2,1H3,(H2,34,35,36)/b20-16+/t21-/m0/s1. The zero-order chi connectivity index (χ0) is 29.3. The third kappa shape index (κ3) is 5.29. The largest absolute Gasteiger partial charge is 0.457 e. The first-order valence-corrected chi connectivity index (χ1v) is 14.1. The molecule has 10 nitrogen and oxygen atoms in total. The summed E-state index contributed by atoms with van der Waals surface area (Å²) < 4.78 is 23.0. The molecule has 0 bridgehead atoms.